The van der Waals surface area contributed by atoms with Crippen LogP contribution in [-0.2, 0) is 14.8 Å². The molecule has 0 radical (unpaired) electrons. The van der Waals surface area contributed by atoms with Crippen LogP contribution >= 0.6 is 11.3 Å². The number of rotatable bonds is 7. The summed E-state index contributed by atoms with van der Waals surface area (Å²) < 4.78 is 33.7. The van der Waals surface area contributed by atoms with E-state index in [1.54, 1.807) is 23.5 Å². The fourth-order valence-corrected chi connectivity index (χ4v) is 4.98. The van der Waals surface area contributed by atoms with Crippen molar-refractivity contribution in [3.63, 3.8) is 0 Å². The topological polar surface area (TPSA) is 58.6 Å². The van der Waals surface area contributed by atoms with Crippen molar-refractivity contribution in [2.75, 3.05) is 32.8 Å². The number of hydrogen-bond donors (Lipinski definition) is 1. The van der Waals surface area contributed by atoms with Crippen molar-refractivity contribution < 1.29 is 13.2 Å². The molecule has 0 amide bonds. The van der Waals surface area contributed by atoms with Crippen LogP contribution in [0.2, 0.25) is 0 Å². The summed E-state index contributed by atoms with van der Waals surface area (Å²) >= 11 is 1.66. The van der Waals surface area contributed by atoms with Crippen molar-refractivity contribution in [1.29, 1.82) is 0 Å². The Bertz CT molecular complexity index is 781. The Hall–Kier alpha value is -1.25. The van der Waals surface area contributed by atoms with Crippen LogP contribution in [0.5, 0.6) is 0 Å². The van der Waals surface area contributed by atoms with Gasteiger partial charge in [0, 0.05) is 24.5 Å². The number of morpholine rings is 1. The Morgan fingerprint density at radius 3 is 2.42 bits per heavy atom. The summed E-state index contributed by atoms with van der Waals surface area (Å²) in [6.45, 7) is 7.54. The van der Waals surface area contributed by atoms with E-state index in [4.69, 9.17) is 4.74 Å². The van der Waals surface area contributed by atoms with Gasteiger partial charge in [0.1, 0.15) is 0 Å². The van der Waals surface area contributed by atoms with E-state index < -0.39 is 10.0 Å². The molecular weight excluding hydrogens is 368 g/mol. The first kappa shape index (κ1) is 19.5. The van der Waals surface area contributed by atoms with Gasteiger partial charge in [0.05, 0.1) is 24.2 Å². The van der Waals surface area contributed by atoms with Crippen molar-refractivity contribution in [3.05, 3.63) is 52.2 Å². The number of nitrogens with one attached hydrogen (secondary N) is 1. The second-order valence-corrected chi connectivity index (χ2v) is 9.50. The lowest BCUT2D eigenvalue weighted by atomic mass is 10.0. The molecule has 26 heavy (non-hydrogen) atoms. The van der Waals surface area contributed by atoms with Gasteiger partial charge in [-0.15, -0.1) is 11.3 Å². The Morgan fingerprint density at radius 2 is 1.85 bits per heavy atom. The zero-order chi connectivity index (χ0) is 18.6. The standard InChI is InChI=1S/C19H26N2O3S2/c1-15(2)16-5-7-17(8-6-16)26(22,23)20-14-18(19-4-3-13-25-19)21-9-11-24-12-10-21/h3-8,13,15,18,20H,9-12,14H2,1-2H3. The molecule has 142 valence electrons. The minimum atomic E-state index is -3.53. The normalized spacial score (nSPS) is 17.5. The summed E-state index contributed by atoms with van der Waals surface area (Å²) in [5.74, 6) is 0.379. The summed E-state index contributed by atoms with van der Waals surface area (Å²) in [6.07, 6.45) is 0. The third-order valence-corrected chi connectivity index (χ3v) is 7.09. The van der Waals surface area contributed by atoms with Crippen molar-refractivity contribution in [1.82, 2.24) is 9.62 Å². The third-order valence-electron chi connectivity index (χ3n) is 4.68. The molecule has 3 rings (SSSR count). The molecule has 1 aliphatic rings. The first-order valence-electron chi connectivity index (χ1n) is 8.92. The number of benzene rings is 1. The number of ether oxygens (including phenoxy) is 1. The number of nitrogens with zero attached hydrogens (tertiary/aromatic N) is 1. The lowest BCUT2D eigenvalue weighted by Crippen LogP contribution is -2.43. The minimum Gasteiger partial charge on any atom is -0.379 e. The molecular formula is C19H26N2O3S2. The molecule has 7 heteroatoms. The zero-order valence-corrected chi connectivity index (χ0v) is 16.9. The quantitative estimate of drug-likeness (QED) is 0.783. The molecule has 1 aromatic heterocycles. The molecule has 0 aliphatic carbocycles. The van der Waals surface area contributed by atoms with E-state index >= 15 is 0 Å². The van der Waals surface area contributed by atoms with Crippen LogP contribution in [0.4, 0.5) is 0 Å². The predicted molar refractivity (Wildman–Crippen MR) is 105 cm³/mol. The van der Waals surface area contributed by atoms with Gasteiger partial charge in [-0.05, 0) is 35.1 Å². The average molecular weight is 395 g/mol. The second kappa shape index (κ2) is 8.63. The van der Waals surface area contributed by atoms with E-state index in [9.17, 15) is 8.42 Å². The molecule has 1 atom stereocenters. The zero-order valence-electron chi connectivity index (χ0n) is 15.2. The molecule has 1 N–H and O–H groups in total. The van der Waals surface area contributed by atoms with Crippen LogP contribution in [0, 0.1) is 0 Å². The highest BCUT2D eigenvalue weighted by molar-refractivity contribution is 7.89. The highest BCUT2D eigenvalue weighted by atomic mass is 32.2. The molecule has 0 saturated carbocycles. The van der Waals surface area contributed by atoms with Gasteiger partial charge in [0.2, 0.25) is 10.0 Å². The highest BCUT2D eigenvalue weighted by Crippen LogP contribution is 2.26. The van der Waals surface area contributed by atoms with Gasteiger partial charge >= 0.3 is 0 Å². The summed E-state index contributed by atoms with van der Waals surface area (Å²) in [4.78, 5) is 3.78. The van der Waals surface area contributed by atoms with Crippen LogP contribution in [0.3, 0.4) is 0 Å². The van der Waals surface area contributed by atoms with Crippen LogP contribution < -0.4 is 4.72 Å². The van der Waals surface area contributed by atoms with Gasteiger partial charge in [-0.3, -0.25) is 4.90 Å². The number of sulfonamides is 1. The van der Waals surface area contributed by atoms with Gasteiger partial charge in [0.15, 0.2) is 0 Å². The van der Waals surface area contributed by atoms with E-state index in [1.807, 2.05) is 23.6 Å². The Morgan fingerprint density at radius 1 is 1.15 bits per heavy atom. The fourth-order valence-electron chi connectivity index (χ4n) is 3.08. The molecule has 1 unspecified atom stereocenters. The predicted octanol–water partition coefficient (Wildman–Crippen LogP) is 3.22. The van der Waals surface area contributed by atoms with Crippen molar-refractivity contribution in [2.45, 2.75) is 30.7 Å². The Labute approximate surface area is 160 Å². The summed E-state index contributed by atoms with van der Waals surface area (Å²) in [6, 6.07) is 11.3. The van der Waals surface area contributed by atoms with E-state index in [0.717, 1.165) is 18.7 Å². The lowest BCUT2D eigenvalue weighted by Gasteiger charge is -2.34. The minimum absolute atomic E-state index is 0.0311. The first-order valence-corrected chi connectivity index (χ1v) is 11.3. The molecule has 1 fully saturated rings. The monoisotopic (exact) mass is 394 g/mol. The number of thiophene rings is 1. The smallest absolute Gasteiger partial charge is 0.240 e. The van der Waals surface area contributed by atoms with Gasteiger partial charge in [-0.1, -0.05) is 32.0 Å². The molecule has 0 bridgehead atoms. The Kier molecular flexibility index (Phi) is 6.47. The van der Waals surface area contributed by atoms with Crippen LogP contribution in [0.15, 0.2) is 46.7 Å². The molecule has 1 aromatic carbocycles. The molecule has 2 aromatic rings. The van der Waals surface area contributed by atoms with Crippen molar-refractivity contribution >= 4 is 21.4 Å². The van der Waals surface area contributed by atoms with Gasteiger partial charge in [0.25, 0.3) is 0 Å². The molecule has 1 aliphatic heterocycles. The summed E-state index contributed by atoms with van der Waals surface area (Å²) in [5, 5.41) is 2.03. The maximum atomic E-state index is 12.7. The van der Waals surface area contributed by atoms with E-state index in [2.05, 4.69) is 29.5 Å². The summed E-state index contributed by atoms with van der Waals surface area (Å²) in [7, 11) is -3.53. The van der Waals surface area contributed by atoms with Gasteiger partial charge in [-0.2, -0.15) is 0 Å². The van der Waals surface area contributed by atoms with E-state index in [0.29, 0.717) is 30.6 Å². The molecule has 2 heterocycles. The highest BCUT2D eigenvalue weighted by Gasteiger charge is 2.25. The van der Waals surface area contributed by atoms with Crippen LogP contribution in [0.25, 0.3) is 0 Å². The molecule has 0 spiro atoms. The van der Waals surface area contributed by atoms with Crippen molar-refractivity contribution in [3.8, 4) is 0 Å². The Balaban J connectivity index is 1.73. The first-order chi connectivity index (χ1) is 12.5. The van der Waals surface area contributed by atoms with Crippen LogP contribution in [0.1, 0.15) is 36.2 Å². The largest absolute Gasteiger partial charge is 0.379 e. The molecule has 5 nitrogen and oxygen atoms in total. The fraction of sp³-hybridized carbons (Fsp3) is 0.474. The molecule has 1 saturated heterocycles. The number of hydrogen-bond acceptors (Lipinski definition) is 5. The maximum Gasteiger partial charge on any atom is 0.240 e. The average Bonchev–Trinajstić information content (AvgIpc) is 3.17. The maximum absolute atomic E-state index is 12.7. The van der Waals surface area contributed by atoms with E-state index in [-0.39, 0.29) is 6.04 Å². The third kappa shape index (κ3) is 4.72. The lowest BCUT2D eigenvalue weighted by molar-refractivity contribution is 0.0179. The summed E-state index contributed by atoms with van der Waals surface area (Å²) in [5.41, 5.74) is 1.13. The SMILES string of the molecule is CC(C)c1ccc(S(=O)(=O)NCC(c2cccs2)N2CCOCC2)cc1. The second-order valence-electron chi connectivity index (χ2n) is 6.76. The van der Waals surface area contributed by atoms with E-state index in [1.165, 1.54) is 4.88 Å². The van der Waals surface area contributed by atoms with Gasteiger partial charge < -0.3 is 4.74 Å². The van der Waals surface area contributed by atoms with Gasteiger partial charge in [-0.25, -0.2) is 13.1 Å². The van der Waals surface area contributed by atoms with Crippen molar-refractivity contribution in [2.24, 2.45) is 0 Å². The van der Waals surface area contributed by atoms with Crippen LogP contribution in [-0.4, -0.2) is 46.2 Å².